The van der Waals surface area contributed by atoms with Crippen LogP contribution in [-0.4, -0.2) is 17.1 Å². The lowest BCUT2D eigenvalue weighted by molar-refractivity contribution is -0.114. The maximum atomic E-state index is 10.6. The number of aliphatic hydroxyl groups excluding tert-OH is 1. The van der Waals surface area contributed by atoms with Crippen LogP contribution in [0, 0.1) is 5.92 Å². The highest BCUT2D eigenvalue weighted by atomic mass is 16.3. The molecule has 0 saturated heterocycles. The molecule has 4 heteroatoms. The van der Waals surface area contributed by atoms with Crippen LogP contribution in [0.2, 0.25) is 0 Å². The average Bonchev–Trinajstić information content (AvgIpc) is 2.64. The number of rotatable bonds is 3. The first-order chi connectivity index (χ1) is 5.52. The van der Waals surface area contributed by atoms with Gasteiger partial charge in [-0.1, -0.05) is 6.92 Å². The van der Waals surface area contributed by atoms with Crippen molar-refractivity contribution in [3.63, 3.8) is 0 Å². The van der Waals surface area contributed by atoms with Crippen LogP contribution in [-0.2, 0) is 4.79 Å². The van der Waals surface area contributed by atoms with Gasteiger partial charge in [-0.25, -0.2) is 0 Å². The van der Waals surface area contributed by atoms with E-state index in [1.807, 2.05) is 0 Å². The summed E-state index contributed by atoms with van der Waals surface area (Å²) in [7, 11) is 0. The van der Waals surface area contributed by atoms with Crippen LogP contribution in [0.1, 0.15) is 20.3 Å². The Kier molecular flexibility index (Phi) is 2.26. The third-order valence-corrected chi connectivity index (χ3v) is 2.16. The van der Waals surface area contributed by atoms with E-state index < -0.39 is 5.91 Å². The SMILES string of the molecule is C/C(C(N)=O)=C(/O)NC1CC1C. The molecule has 0 spiro atoms. The first-order valence-electron chi connectivity index (χ1n) is 3.98. The lowest BCUT2D eigenvalue weighted by atomic mass is 10.3. The number of carbonyl (C=O) groups excluding carboxylic acids is 1. The van der Waals surface area contributed by atoms with Gasteiger partial charge >= 0.3 is 0 Å². The molecule has 1 aliphatic rings. The number of amides is 1. The van der Waals surface area contributed by atoms with Crippen molar-refractivity contribution in [1.82, 2.24) is 5.32 Å². The predicted octanol–water partition coefficient (Wildman–Crippen LogP) is 0.259. The van der Waals surface area contributed by atoms with Gasteiger partial charge in [0.1, 0.15) is 0 Å². The van der Waals surface area contributed by atoms with E-state index in [9.17, 15) is 9.90 Å². The number of hydrogen-bond donors (Lipinski definition) is 3. The highest BCUT2D eigenvalue weighted by Crippen LogP contribution is 2.29. The second-order valence-corrected chi connectivity index (χ2v) is 3.30. The molecular formula is C8H14N2O2. The van der Waals surface area contributed by atoms with Gasteiger partial charge in [-0.2, -0.15) is 0 Å². The third-order valence-electron chi connectivity index (χ3n) is 2.16. The van der Waals surface area contributed by atoms with Crippen molar-refractivity contribution in [1.29, 1.82) is 0 Å². The third kappa shape index (κ3) is 1.90. The quantitative estimate of drug-likeness (QED) is 0.420. The maximum absolute atomic E-state index is 10.6. The van der Waals surface area contributed by atoms with Crippen LogP contribution in [0.25, 0.3) is 0 Å². The standard InChI is InChI=1S/C8H14N2O2/c1-4-3-6(4)10-8(12)5(2)7(9)11/h4,6,10,12H,3H2,1-2H3,(H2,9,11)/b8-5-. The number of hydrogen-bond acceptors (Lipinski definition) is 3. The first kappa shape index (κ1) is 8.90. The van der Waals surface area contributed by atoms with E-state index >= 15 is 0 Å². The zero-order valence-corrected chi connectivity index (χ0v) is 7.29. The molecule has 0 radical (unpaired) electrons. The van der Waals surface area contributed by atoms with Gasteiger partial charge in [0.05, 0.1) is 5.57 Å². The van der Waals surface area contributed by atoms with E-state index in [-0.39, 0.29) is 11.5 Å². The zero-order valence-electron chi connectivity index (χ0n) is 7.29. The maximum Gasteiger partial charge on any atom is 0.249 e. The van der Waals surface area contributed by atoms with Crippen molar-refractivity contribution < 1.29 is 9.90 Å². The molecule has 0 aliphatic heterocycles. The molecule has 12 heavy (non-hydrogen) atoms. The lowest BCUT2D eigenvalue weighted by Crippen LogP contribution is -2.23. The fourth-order valence-electron chi connectivity index (χ4n) is 0.924. The molecule has 4 N–H and O–H groups in total. The fourth-order valence-corrected chi connectivity index (χ4v) is 0.924. The predicted molar refractivity (Wildman–Crippen MR) is 45.2 cm³/mol. The summed E-state index contributed by atoms with van der Waals surface area (Å²) in [5.74, 6) is -0.0991. The van der Waals surface area contributed by atoms with Gasteiger partial charge in [0.25, 0.3) is 0 Å². The Morgan fingerprint density at radius 2 is 2.17 bits per heavy atom. The Labute approximate surface area is 71.4 Å². The smallest absolute Gasteiger partial charge is 0.249 e. The van der Waals surface area contributed by atoms with Crippen LogP contribution in [0.5, 0.6) is 0 Å². The summed E-state index contributed by atoms with van der Waals surface area (Å²) < 4.78 is 0. The zero-order chi connectivity index (χ0) is 9.30. The van der Waals surface area contributed by atoms with Gasteiger partial charge < -0.3 is 16.2 Å². The minimum atomic E-state index is -0.590. The molecule has 0 heterocycles. The number of primary amides is 1. The molecule has 4 nitrogen and oxygen atoms in total. The summed E-state index contributed by atoms with van der Waals surface area (Å²) in [5, 5.41) is 12.1. The molecule has 1 fully saturated rings. The van der Waals surface area contributed by atoms with Crippen LogP contribution >= 0.6 is 0 Å². The minimum absolute atomic E-state index is 0.0862. The van der Waals surface area contributed by atoms with E-state index in [0.717, 1.165) is 6.42 Å². The summed E-state index contributed by atoms with van der Waals surface area (Å²) in [4.78, 5) is 10.6. The molecule has 2 unspecified atom stereocenters. The van der Waals surface area contributed by atoms with Crippen molar-refractivity contribution in [3.05, 3.63) is 11.5 Å². The highest BCUT2D eigenvalue weighted by Gasteiger charge is 2.33. The monoisotopic (exact) mass is 170 g/mol. The topological polar surface area (TPSA) is 75.4 Å². The molecule has 0 aromatic heterocycles. The van der Waals surface area contributed by atoms with E-state index in [1.165, 1.54) is 6.92 Å². The highest BCUT2D eigenvalue weighted by molar-refractivity contribution is 5.91. The van der Waals surface area contributed by atoms with Gasteiger partial charge in [-0.3, -0.25) is 4.79 Å². The van der Waals surface area contributed by atoms with Gasteiger partial charge in [0.2, 0.25) is 5.91 Å². The van der Waals surface area contributed by atoms with Gasteiger partial charge in [-0.15, -0.1) is 0 Å². The number of carbonyl (C=O) groups is 1. The molecule has 0 aromatic rings. The molecule has 1 saturated carbocycles. The molecule has 2 atom stereocenters. The largest absolute Gasteiger partial charge is 0.494 e. The molecule has 0 aromatic carbocycles. The van der Waals surface area contributed by atoms with Crippen molar-refractivity contribution >= 4 is 5.91 Å². The second kappa shape index (κ2) is 3.05. The van der Waals surface area contributed by atoms with Crippen LogP contribution in [0.15, 0.2) is 11.5 Å². The van der Waals surface area contributed by atoms with Gasteiger partial charge in [0, 0.05) is 6.04 Å². The summed E-state index contributed by atoms with van der Waals surface area (Å²) in [6.07, 6.45) is 1.04. The molecule has 1 amide bonds. The summed E-state index contributed by atoms with van der Waals surface area (Å²) in [5.41, 5.74) is 5.16. The van der Waals surface area contributed by atoms with Crippen molar-refractivity contribution in [2.75, 3.05) is 0 Å². The van der Waals surface area contributed by atoms with Crippen LogP contribution in [0.3, 0.4) is 0 Å². The number of nitrogens with one attached hydrogen (secondary N) is 1. The Morgan fingerprint density at radius 3 is 2.50 bits per heavy atom. The Balaban J connectivity index is 2.51. The number of nitrogens with two attached hydrogens (primary N) is 1. The van der Waals surface area contributed by atoms with E-state index in [0.29, 0.717) is 12.0 Å². The summed E-state index contributed by atoms with van der Waals surface area (Å²) in [6, 6.07) is 0.305. The summed E-state index contributed by atoms with van der Waals surface area (Å²) in [6.45, 7) is 3.57. The van der Waals surface area contributed by atoms with E-state index in [2.05, 4.69) is 12.2 Å². The van der Waals surface area contributed by atoms with Gasteiger partial charge in [0.15, 0.2) is 5.88 Å². The van der Waals surface area contributed by atoms with E-state index in [1.54, 1.807) is 0 Å². The van der Waals surface area contributed by atoms with Crippen molar-refractivity contribution in [2.24, 2.45) is 11.7 Å². The first-order valence-corrected chi connectivity index (χ1v) is 3.98. The Hall–Kier alpha value is -1.19. The second-order valence-electron chi connectivity index (χ2n) is 3.30. The fraction of sp³-hybridized carbons (Fsp3) is 0.625. The van der Waals surface area contributed by atoms with Gasteiger partial charge in [-0.05, 0) is 19.3 Å². The van der Waals surface area contributed by atoms with Crippen LogP contribution in [0.4, 0.5) is 0 Å². The lowest BCUT2D eigenvalue weighted by Gasteiger charge is -2.05. The van der Waals surface area contributed by atoms with Crippen LogP contribution < -0.4 is 11.1 Å². The Bertz CT molecular complexity index is 235. The van der Waals surface area contributed by atoms with Crippen molar-refractivity contribution in [2.45, 2.75) is 26.3 Å². The normalized spacial score (nSPS) is 29.2. The minimum Gasteiger partial charge on any atom is -0.494 e. The molecular weight excluding hydrogens is 156 g/mol. The average molecular weight is 170 g/mol. The Morgan fingerprint density at radius 1 is 1.67 bits per heavy atom. The molecule has 68 valence electrons. The van der Waals surface area contributed by atoms with E-state index in [4.69, 9.17) is 5.73 Å². The molecule has 0 bridgehead atoms. The summed E-state index contributed by atoms with van der Waals surface area (Å²) >= 11 is 0. The molecule has 1 aliphatic carbocycles. The number of aliphatic hydroxyl groups is 1. The molecule has 1 rings (SSSR count). The van der Waals surface area contributed by atoms with Crippen molar-refractivity contribution in [3.8, 4) is 0 Å².